The summed E-state index contributed by atoms with van der Waals surface area (Å²) in [5, 5.41) is 0. The molecule has 0 bridgehead atoms. The molecule has 0 radical (unpaired) electrons. The van der Waals surface area contributed by atoms with Gasteiger partial charge in [-0.15, -0.1) is 0 Å². The van der Waals surface area contributed by atoms with Crippen LogP contribution in [0, 0.1) is 5.92 Å². The number of amides is 1. The van der Waals surface area contributed by atoms with E-state index in [1.807, 2.05) is 46.4 Å². The second-order valence-corrected chi connectivity index (χ2v) is 11.1. The summed E-state index contributed by atoms with van der Waals surface area (Å²) in [5.41, 5.74) is -0.673. The van der Waals surface area contributed by atoms with Crippen molar-refractivity contribution in [2.75, 3.05) is 6.54 Å². The van der Waals surface area contributed by atoms with Crippen LogP contribution in [0.1, 0.15) is 74.7 Å². The van der Waals surface area contributed by atoms with Crippen LogP contribution in [0.5, 0.6) is 0 Å². The molecule has 1 saturated heterocycles. The third kappa shape index (κ3) is 6.54. The van der Waals surface area contributed by atoms with Gasteiger partial charge in [0.2, 0.25) is 0 Å². The van der Waals surface area contributed by atoms with Crippen molar-refractivity contribution in [3.63, 3.8) is 0 Å². The molecule has 24 heavy (non-hydrogen) atoms. The SMILES string of the molecule is CC(C)(C)OC(=O)N1CC(CC/C=N\S(=O)C(C)(C)C)CC1(C)C. The zero-order chi connectivity index (χ0) is 18.8. The van der Waals surface area contributed by atoms with Crippen LogP contribution in [0.2, 0.25) is 0 Å². The van der Waals surface area contributed by atoms with Crippen LogP contribution in [0.4, 0.5) is 4.79 Å². The lowest BCUT2D eigenvalue weighted by Gasteiger charge is -2.33. The van der Waals surface area contributed by atoms with E-state index in [9.17, 15) is 9.00 Å². The quantitative estimate of drug-likeness (QED) is 0.703. The maximum Gasteiger partial charge on any atom is 0.410 e. The first-order valence-corrected chi connectivity index (χ1v) is 9.78. The average molecular weight is 359 g/mol. The lowest BCUT2D eigenvalue weighted by Crippen LogP contribution is -2.45. The molecule has 6 heteroatoms. The molecule has 0 N–H and O–H groups in total. The number of hydrogen-bond donors (Lipinski definition) is 0. The van der Waals surface area contributed by atoms with Gasteiger partial charge in [-0.1, -0.05) is 0 Å². The molecule has 5 nitrogen and oxygen atoms in total. The van der Waals surface area contributed by atoms with E-state index in [1.165, 1.54) is 0 Å². The number of likely N-dealkylation sites (tertiary alicyclic amines) is 1. The van der Waals surface area contributed by atoms with Crippen LogP contribution in [-0.2, 0) is 15.7 Å². The number of carbonyl (C=O) groups is 1. The molecule has 2 atom stereocenters. The Hall–Kier alpha value is -0.910. The summed E-state index contributed by atoms with van der Waals surface area (Å²) >= 11 is 0. The van der Waals surface area contributed by atoms with Crippen molar-refractivity contribution in [3.05, 3.63) is 0 Å². The Morgan fingerprint density at radius 2 is 1.88 bits per heavy atom. The minimum atomic E-state index is -1.20. The van der Waals surface area contributed by atoms with E-state index in [1.54, 1.807) is 6.21 Å². The number of nitrogens with zero attached hydrogens (tertiary/aromatic N) is 2. The van der Waals surface area contributed by atoms with Gasteiger partial charge in [0.05, 0.1) is 4.75 Å². The Labute approximate surface area is 149 Å². The molecular formula is C18H34N2O3S. The molecular weight excluding hydrogens is 324 g/mol. The minimum absolute atomic E-state index is 0.196. The Morgan fingerprint density at radius 1 is 1.29 bits per heavy atom. The summed E-state index contributed by atoms with van der Waals surface area (Å²) in [6, 6.07) is 0. The van der Waals surface area contributed by atoms with E-state index in [4.69, 9.17) is 4.74 Å². The first-order chi connectivity index (χ1) is 10.7. The first kappa shape index (κ1) is 21.1. The van der Waals surface area contributed by atoms with Gasteiger partial charge in [0.25, 0.3) is 0 Å². The van der Waals surface area contributed by atoms with Gasteiger partial charge in [-0.2, -0.15) is 4.40 Å². The van der Waals surface area contributed by atoms with Crippen molar-refractivity contribution in [3.8, 4) is 0 Å². The highest BCUT2D eigenvalue weighted by Gasteiger charge is 2.42. The molecule has 1 aliphatic rings. The molecule has 0 aromatic rings. The Morgan fingerprint density at radius 3 is 2.38 bits per heavy atom. The molecule has 1 fully saturated rings. The van der Waals surface area contributed by atoms with E-state index in [-0.39, 0.29) is 16.4 Å². The summed E-state index contributed by atoms with van der Waals surface area (Å²) in [5.74, 6) is 0.419. The zero-order valence-corrected chi connectivity index (χ0v) is 17.3. The van der Waals surface area contributed by atoms with Crippen LogP contribution in [0.3, 0.4) is 0 Å². The highest BCUT2D eigenvalue weighted by atomic mass is 32.2. The van der Waals surface area contributed by atoms with Crippen LogP contribution >= 0.6 is 0 Å². The Balaban J connectivity index is 2.55. The minimum Gasteiger partial charge on any atom is -0.444 e. The summed E-state index contributed by atoms with van der Waals surface area (Å²) in [4.78, 5) is 14.2. The second-order valence-electron chi connectivity index (χ2n) is 9.20. The van der Waals surface area contributed by atoms with Gasteiger partial charge >= 0.3 is 6.09 Å². The zero-order valence-electron chi connectivity index (χ0n) is 16.5. The average Bonchev–Trinajstić information content (AvgIpc) is 2.66. The third-order valence-electron chi connectivity index (χ3n) is 3.97. The molecule has 0 aromatic carbocycles. The molecule has 1 heterocycles. The lowest BCUT2D eigenvalue weighted by atomic mass is 9.93. The van der Waals surface area contributed by atoms with Gasteiger partial charge in [-0.25, -0.2) is 9.00 Å². The van der Waals surface area contributed by atoms with Crippen LogP contribution in [-0.4, -0.2) is 43.8 Å². The van der Waals surface area contributed by atoms with Crippen molar-refractivity contribution in [1.29, 1.82) is 0 Å². The predicted octanol–water partition coefficient (Wildman–Crippen LogP) is 4.34. The van der Waals surface area contributed by atoms with Gasteiger partial charge in [0.15, 0.2) is 0 Å². The van der Waals surface area contributed by atoms with Crippen molar-refractivity contribution >= 4 is 23.3 Å². The topological polar surface area (TPSA) is 59.0 Å². The lowest BCUT2D eigenvalue weighted by molar-refractivity contribution is 0.0131. The fraction of sp³-hybridized carbons (Fsp3) is 0.889. The van der Waals surface area contributed by atoms with Gasteiger partial charge in [-0.05, 0) is 80.6 Å². The Bertz CT molecular complexity index is 501. The van der Waals surface area contributed by atoms with Crippen LogP contribution in [0.15, 0.2) is 4.40 Å². The standard InChI is InChI=1S/C18H34N2O3S/c1-16(2,3)23-15(21)20-13-14(12-18(20,7)8)10-9-11-19-24(22)17(4,5)6/h11,14H,9-10,12-13H2,1-8H3/b19-11-. The van der Waals surface area contributed by atoms with E-state index in [0.717, 1.165) is 19.3 Å². The van der Waals surface area contributed by atoms with E-state index >= 15 is 0 Å². The van der Waals surface area contributed by atoms with Crippen molar-refractivity contribution in [1.82, 2.24) is 4.90 Å². The third-order valence-corrected chi connectivity index (χ3v) is 5.36. The van der Waals surface area contributed by atoms with Crippen LogP contribution < -0.4 is 0 Å². The second kappa shape index (κ2) is 7.54. The molecule has 0 saturated carbocycles. The maximum absolute atomic E-state index is 12.4. The summed E-state index contributed by atoms with van der Waals surface area (Å²) in [6.45, 7) is 16.3. The predicted molar refractivity (Wildman–Crippen MR) is 101 cm³/mol. The van der Waals surface area contributed by atoms with Crippen molar-refractivity contribution in [2.45, 2.75) is 90.5 Å². The maximum atomic E-state index is 12.4. The first-order valence-electron chi connectivity index (χ1n) is 8.67. The smallest absolute Gasteiger partial charge is 0.410 e. The fourth-order valence-electron chi connectivity index (χ4n) is 2.81. The van der Waals surface area contributed by atoms with Crippen molar-refractivity contribution in [2.24, 2.45) is 10.3 Å². The molecule has 0 aromatic heterocycles. The van der Waals surface area contributed by atoms with Gasteiger partial charge in [-0.3, -0.25) is 0 Å². The normalized spacial score (nSPS) is 22.8. The van der Waals surface area contributed by atoms with Crippen LogP contribution in [0.25, 0.3) is 0 Å². The monoisotopic (exact) mass is 358 g/mol. The molecule has 1 aliphatic heterocycles. The number of carbonyl (C=O) groups excluding carboxylic acids is 1. The molecule has 0 aliphatic carbocycles. The van der Waals surface area contributed by atoms with E-state index in [0.29, 0.717) is 12.5 Å². The van der Waals surface area contributed by atoms with E-state index < -0.39 is 16.6 Å². The molecule has 1 rings (SSSR count). The molecule has 0 spiro atoms. The van der Waals surface area contributed by atoms with Gasteiger partial charge < -0.3 is 9.64 Å². The molecule has 1 amide bonds. The summed E-state index contributed by atoms with van der Waals surface area (Å²) < 4.78 is 21.2. The Kier molecular flexibility index (Phi) is 6.64. The van der Waals surface area contributed by atoms with Gasteiger partial charge in [0.1, 0.15) is 16.6 Å². The molecule has 2 unspecified atom stereocenters. The van der Waals surface area contributed by atoms with Gasteiger partial charge in [0, 0.05) is 18.3 Å². The highest BCUT2D eigenvalue weighted by molar-refractivity contribution is 7.85. The number of rotatable bonds is 4. The fourth-order valence-corrected chi connectivity index (χ4v) is 3.36. The summed E-state index contributed by atoms with van der Waals surface area (Å²) in [7, 11) is -1.20. The van der Waals surface area contributed by atoms with E-state index in [2.05, 4.69) is 18.2 Å². The van der Waals surface area contributed by atoms with Crippen molar-refractivity contribution < 1.29 is 13.7 Å². The largest absolute Gasteiger partial charge is 0.444 e. The highest BCUT2D eigenvalue weighted by Crippen LogP contribution is 2.35. The number of hydrogen-bond acceptors (Lipinski definition) is 3. The molecule has 140 valence electrons. The summed E-state index contributed by atoms with van der Waals surface area (Å²) in [6.07, 6.45) is 4.20. The number of ether oxygens (including phenoxy) is 1.